The second kappa shape index (κ2) is 10.1. The average molecular weight is 418 g/mol. The molecule has 2 aliphatic carbocycles. The number of esters is 1. The molecule has 2 aromatic rings. The van der Waals surface area contributed by atoms with Crippen LogP contribution < -0.4 is 5.32 Å². The fourth-order valence-electron chi connectivity index (χ4n) is 4.47. The highest BCUT2D eigenvalue weighted by Gasteiger charge is 2.22. The molecule has 0 saturated heterocycles. The van der Waals surface area contributed by atoms with Crippen molar-refractivity contribution < 1.29 is 14.3 Å². The van der Waals surface area contributed by atoms with Crippen molar-refractivity contribution in [1.82, 2.24) is 5.32 Å². The normalized spacial score (nSPS) is 21.6. The molecule has 31 heavy (non-hydrogen) atoms. The average Bonchev–Trinajstić information content (AvgIpc) is 3.26. The van der Waals surface area contributed by atoms with E-state index in [-0.39, 0.29) is 24.7 Å². The maximum Gasteiger partial charge on any atom is 0.332 e. The molecule has 0 heterocycles. The molecule has 4 nitrogen and oxygen atoms in total. The third kappa shape index (κ3) is 5.33. The molecule has 0 bridgehead atoms. The number of hydrogen-bond donors (Lipinski definition) is 1. The number of hydrogen-bond acceptors (Lipinski definition) is 4. The zero-order valence-electron chi connectivity index (χ0n) is 18.3. The Morgan fingerprint density at radius 3 is 2.84 bits per heavy atom. The van der Waals surface area contributed by atoms with Crippen molar-refractivity contribution in [3.8, 4) is 0 Å². The Hall–Kier alpha value is -2.69. The zero-order chi connectivity index (χ0) is 21.6. The molecule has 2 unspecified atom stereocenters. The monoisotopic (exact) mass is 417 g/mol. The molecule has 4 rings (SSSR count). The van der Waals surface area contributed by atoms with Crippen molar-refractivity contribution in [2.75, 3.05) is 13.2 Å². The first-order valence-electron chi connectivity index (χ1n) is 11.2. The number of ether oxygens (including phenoxy) is 2. The van der Waals surface area contributed by atoms with Crippen LogP contribution in [0.1, 0.15) is 44.7 Å². The lowest BCUT2D eigenvalue weighted by Crippen LogP contribution is -2.28. The Balaban J connectivity index is 1.34. The van der Waals surface area contributed by atoms with E-state index in [0.717, 1.165) is 19.3 Å². The molecule has 0 aliphatic heterocycles. The summed E-state index contributed by atoms with van der Waals surface area (Å²) in [4.78, 5) is 11.5. The van der Waals surface area contributed by atoms with Crippen LogP contribution in [0, 0.1) is 0 Å². The molecule has 0 saturated carbocycles. The molecular formula is C27H31NO3. The van der Waals surface area contributed by atoms with Gasteiger partial charge in [0.2, 0.25) is 0 Å². The predicted molar refractivity (Wildman–Crippen MR) is 125 cm³/mol. The van der Waals surface area contributed by atoms with Gasteiger partial charge in [-0.05, 0) is 60.6 Å². The van der Waals surface area contributed by atoms with Gasteiger partial charge in [0.15, 0.2) is 0 Å². The molecule has 3 atom stereocenters. The van der Waals surface area contributed by atoms with Crippen LogP contribution in [0.15, 0.2) is 77.9 Å². The predicted octanol–water partition coefficient (Wildman–Crippen LogP) is 5.41. The topological polar surface area (TPSA) is 47.6 Å². The number of carbonyl (C=O) groups excluding carboxylic acids is 1. The standard InChI is InChI=1S/C27H31NO3/c1-3-30-27(29)18-31-24-15-12-20(13-16-24)22-11-14-23(17-22)28-19(2)25-10-6-8-21-7-4-5-9-26(21)25/h4-10,12-13,15,17,19,23-24,28H,3,11,14,16,18H2,1-2H3/t19?,23-,24?/m1/s1. The third-order valence-corrected chi connectivity index (χ3v) is 6.03. The fourth-order valence-corrected chi connectivity index (χ4v) is 4.47. The summed E-state index contributed by atoms with van der Waals surface area (Å²) in [5.74, 6) is -0.307. The van der Waals surface area contributed by atoms with Gasteiger partial charge in [0.05, 0.1) is 12.7 Å². The minimum Gasteiger partial charge on any atom is -0.464 e. The highest BCUT2D eigenvalue weighted by atomic mass is 16.6. The van der Waals surface area contributed by atoms with Crippen LogP contribution in [0.3, 0.4) is 0 Å². The van der Waals surface area contributed by atoms with Gasteiger partial charge >= 0.3 is 5.97 Å². The summed E-state index contributed by atoms with van der Waals surface area (Å²) in [7, 11) is 0. The van der Waals surface area contributed by atoms with Gasteiger partial charge in [0.25, 0.3) is 0 Å². The molecule has 1 N–H and O–H groups in total. The summed E-state index contributed by atoms with van der Waals surface area (Å²) >= 11 is 0. The van der Waals surface area contributed by atoms with Crippen LogP contribution in [-0.2, 0) is 14.3 Å². The molecule has 0 spiro atoms. The van der Waals surface area contributed by atoms with Gasteiger partial charge in [-0.25, -0.2) is 4.79 Å². The summed E-state index contributed by atoms with van der Waals surface area (Å²) < 4.78 is 10.5. The molecule has 162 valence electrons. The van der Waals surface area contributed by atoms with Crippen molar-refractivity contribution >= 4 is 16.7 Å². The molecule has 4 heteroatoms. The number of allylic oxidation sites excluding steroid dienone is 3. The number of fused-ring (bicyclic) bond motifs is 1. The van der Waals surface area contributed by atoms with E-state index in [1.54, 1.807) is 6.92 Å². The van der Waals surface area contributed by atoms with Crippen molar-refractivity contribution in [3.63, 3.8) is 0 Å². The minimum absolute atomic E-state index is 0.00671. The van der Waals surface area contributed by atoms with Gasteiger partial charge in [-0.2, -0.15) is 0 Å². The van der Waals surface area contributed by atoms with Gasteiger partial charge in [0, 0.05) is 12.1 Å². The van der Waals surface area contributed by atoms with Crippen molar-refractivity contribution in [2.24, 2.45) is 0 Å². The van der Waals surface area contributed by atoms with Crippen LogP contribution in [0.25, 0.3) is 10.8 Å². The van der Waals surface area contributed by atoms with E-state index in [4.69, 9.17) is 9.47 Å². The largest absolute Gasteiger partial charge is 0.464 e. The quantitative estimate of drug-likeness (QED) is 0.583. The number of carbonyl (C=O) groups is 1. The number of rotatable bonds is 8. The highest BCUT2D eigenvalue weighted by Crippen LogP contribution is 2.31. The van der Waals surface area contributed by atoms with E-state index in [1.165, 1.54) is 27.5 Å². The lowest BCUT2D eigenvalue weighted by molar-refractivity contribution is -0.149. The Bertz CT molecular complexity index is 1010. The van der Waals surface area contributed by atoms with Gasteiger partial charge in [-0.15, -0.1) is 0 Å². The Kier molecular flexibility index (Phi) is 7.00. The molecule has 0 aromatic heterocycles. The zero-order valence-corrected chi connectivity index (χ0v) is 18.3. The van der Waals surface area contributed by atoms with Gasteiger partial charge in [-0.1, -0.05) is 66.8 Å². The SMILES string of the molecule is CCOC(=O)COC1C=CC(C2=C[C@H](NC(C)c3cccc4ccccc34)CC2)=CC1. The van der Waals surface area contributed by atoms with Crippen molar-refractivity contribution in [2.45, 2.75) is 51.3 Å². The van der Waals surface area contributed by atoms with E-state index >= 15 is 0 Å². The smallest absolute Gasteiger partial charge is 0.332 e. The summed E-state index contributed by atoms with van der Waals surface area (Å²) in [5, 5.41) is 6.41. The minimum atomic E-state index is -0.307. The lowest BCUT2D eigenvalue weighted by atomic mass is 9.98. The number of benzene rings is 2. The summed E-state index contributed by atoms with van der Waals surface area (Å²) in [6.45, 7) is 4.44. The molecular weight excluding hydrogens is 386 g/mol. The third-order valence-electron chi connectivity index (χ3n) is 6.03. The Labute approximate surface area is 184 Å². The second-order valence-corrected chi connectivity index (χ2v) is 8.20. The maximum atomic E-state index is 11.5. The Morgan fingerprint density at radius 2 is 2.03 bits per heavy atom. The highest BCUT2D eigenvalue weighted by molar-refractivity contribution is 5.86. The van der Waals surface area contributed by atoms with E-state index in [1.807, 2.05) is 0 Å². The summed E-state index contributed by atoms with van der Waals surface area (Å²) in [5.41, 5.74) is 4.01. The van der Waals surface area contributed by atoms with Crippen molar-refractivity contribution in [3.05, 3.63) is 83.5 Å². The van der Waals surface area contributed by atoms with Crippen LogP contribution in [0.2, 0.25) is 0 Å². The second-order valence-electron chi connectivity index (χ2n) is 8.20. The van der Waals surface area contributed by atoms with E-state index < -0.39 is 0 Å². The lowest BCUT2D eigenvalue weighted by Gasteiger charge is -2.20. The molecule has 0 amide bonds. The molecule has 0 radical (unpaired) electrons. The molecule has 2 aromatic carbocycles. The first-order chi connectivity index (χ1) is 15.1. The Morgan fingerprint density at radius 1 is 1.19 bits per heavy atom. The number of nitrogens with one attached hydrogen (secondary N) is 1. The first kappa shape index (κ1) is 21.5. The van der Waals surface area contributed by atoms with Crippen LogP contribution in [-0.4, -0.2) is 31.3 Å². The van der Waals surface area contributed by atoms with Gasteiger partial charge in [-0.3, -0.25) is 0 Å². The summed E-state index contributed by atoms with van der Waals surface area (Å²) in [6, 6.07) is 15.8. The van der Waals surface area contributed by atoms with Crippen molar-refractivity contribution in [1.29, 1.82) is 0 Å². The van der Waals surface area contributed by atoms with Crippen LogP contribution >= 0.6 is 0 Å². The summed E-state index contributed by atoms with van der Waals surface area (Å²) in [6.07, 6.45) is 11.7. The van der Waals surface area contributed by atoms with E-state index in [9.17, 15) is 4.79 Å². The fraction of sp³-hybridized carbons (Fsp3) is 0.370. The first-order valence-corrected chi connectivity index (χ1v) is 11.2. The molecule has 2 aliphatic rings. The van der Waals surface area contributed by atoms with E-state index in [0.29, 0.717) is 12.6 Å². The van der Waals surface area contributed by atoms with Crippen LogP contribution in [0.5, 0.6) is 0 Å². The maximum absolute atomic E-state index is 11.5. The molecule has 0 fully saturated rings. The van der Waals surface area contributed by atoms with Gasteiger partial charge in [0.1, 0.15) is 6.61 Å². The van der Waals surface area contributed by atoms with E-state index in [2.05, 4.69) is 79.0 Å². The van der Waals surface area contributed by atoms with Crippen LogP contribution in [0.4, 0.5) is 0 Å². The van der Waals surface area contributed by atoms with Gasteiger partial charge < -0.3 is 14.8 Å².